The van der Waals surface area contributed by atoms with Gasteiger partial charge in [0, 0.05) is 30.4 Å². The highest BCUT2D eigenvalue weighted by molar-refractivity contribution is 6.04. The van der Waals surface area contributed by atoms with E-state index in [2.05, 4.69) is 25.6 Å². The van der Waals surface area contributed by atoms with Gasteiger partial charge in [-0.2, -0.15) is 0 Å². The third kappa shape index (κ3) is 5.80. The van der Waals surface area contributed by atoms with Crippen molar-refractivity contribution in [2.45, 2.75) is 13.5 Å². The molecule has 0 aliphatic heterocycles. The molecule has 3 aromatic heterocycles. The summed E-state index contributed by atoms with van der Waals surface area (Å²) < 4.78 is 18.4. The number of rotatable bonds is 10. The second-order valence-corrected chi connectivity index (χ2v) is 8.95. The molecule has 200 valence electrons. The highest BCUT2D eigenvalue weighted by atomic mass is 16.6. The van der Waals surface area contributed by atoms with E-state index < -0.39 is 0 Å². The molecule has 0 saturated carbocycles. The number of carbonyl (C=O) groups excluding carboxylic acids is 1. The number of carbonyl (C=O) groups is 1. The van der Waals surface area contributed by atoms with Gasteiger partial charge in [-0.1, -0.05) is 6.07 Å². The molecule has 0 aliphatic rings. The van der Waals surface area contributed by atoms with Crippen LogP contribution in [-0.4, -0.2) is 62.9 Å². The fraction of sp³-hybridized carbons (Fsp3) is 0.222. The molecule has 5 aromatic rings. The molecule has 0 spiro atoms. The maximum absolute atomic E-state index is 12.9. The Morgan fingerprint density at radius 1 is 1.10 bits per heavy atom. The third-order valence-electron chi connectivity index (χ3n) is 5.89. The second-order valence-electron chi connectivity index (χ2n) is 8.95. The molecular weight excluding hydrogens is 500 g/mol. The number of benzene rings is 2. The van der Waals surface area contributed by atoms with E-state index in [4.69, 9.17) is 19.8 Å². The van der Waals surface area contributed by atoms with Crippen LogP contribution < -0.4 is 20.5 Å². The van der Waals surface area contributed by atoms with Crippen molar-refractivity contribution in [1.29, 1.82) is 0 Å². The zero-order valence-corrected chi connectivity index (χ0v) is 21.8. The molecule has 0 atom stereocenters. The van der Waals surface area contributed by atoms with Crippen molar-refractivity contribution < 1.29 is 18.9 Å². The van der Waals surface area contributed by atoms with Crippen molar-refractivity contribution in [3.8, 4) is 28.9 Å². The number of pyridine rings is 1. The van der Waals surface area contributed by atoms with E-state index in [0.717, 1.165) is 17.8 Å². The molecular formula is C27H28N8O4. The number of nitrogens with two attached hydrogens (primary N) is 1. The van der Waals surface area contributed by atoms with Gasteiger partial charge in [-0.25, -0.2) is 14.6 Å². The summed E-state index contributed by atoms with van der Waals surface area (Å²) in [6.45, 7) is 3.98. The number of ether oxygens (including phenoxy) is 2. The van der Waals surface area contributed by atoms with E-state index in [1.807, 2.05) is 42.6 Å². The van der Waals surface area contributed by atoms with Crippen LogP contribution in [0, 0.1) is 0 Å². The van der Waals surface area contributed by atoms with Crippen molar-refractivity contribution >= 4 is 28.4 Å². The Morgan fingerprint density at radius 3 is 2.64 bits per heavy atom. The van der Waals surface area contributed by atoms with E-state index in [1.54, 1.807) is 48.7 Å². The highest BCUT2D eigenvalue weighted by Crippen LogP contribution is 2.29. The number of nitrogens with zero attached hydrogens (tertiary/aromatic N) is 6. The number of fused-ring (bicyclic) bond motifs is 1. The van der Waals surface area contributed by atoms with Crippen LogP contribution in [0.2, 0.25) is 0 Å². The molecule has 3 heterocycles. The number of nitrogens with one attached hydrogen (secondary N) is 1. The van der Waals surface area contributed by atoms with Gasteiger partial charge in [-0.15, -0.1) is 0 Å². The fourth-order valence-electron chi connectivity index (χ4n) is 3.92. The monoisotopic (exact) mass is 528 g/mol. The van der Waals surface area contributed by atoms with E-state index >= 15 is 0 Å². The van der Waals surface area contributed by atoms with Crippen LogP contribution in [0.5, 0.6) is 17.4 Å². The molecule has 5 rings (SSSR count). The number of aryl methyl sites for hydroxylation is 1. The van der Waals surface area contributed by atoms with Crippen LogP contribution in [0.1, 0.15) is 17.3 Å². The van der Waals surface area contributed by atoms with E-state index in [9.17, 15) is 4.79 Å². The predicted molar refractivity (Wildman–Crippen MR) is 146 cm³/mol. The van der Waals surface area contributed by atoms with Gasteiger partial charge >= 0.3 is 0 Å². The van der Waals surface area contributed by atoms with Crippen molar-refractivity contribution in [2.75, 3.05) is 38.3 Å². The maximum atomic E-state index is 12.9. The van der Waals surface area contributed by atoms with Crippen molar-refractivity contribution in [2.24, 2.45) is 0 Å². The molecule has 12 nitrogen and oxygen atoms in total. The van der Waals surface area contributed by atoms with Gasteiger partial charge in [0.05, 0.1) is 11.7 Å². The quantitative estimate of drug-likeness (QED) is 0.272. The van der Waals surface area contributed by atoms with Crippen LogP contribution in [0.15, 0.2) is 65.4 Å². The number of aromatic nitrogens is 5. The Balaban J connectivity index is 1.29. The lowest BCUT2D eigenvalue weighted by Crippen LogP contribution is -2.19. The first-order valence-electron chi connectivity index (χ1n) is 12.3. The zero-order valence-electron chi connectivity index (χ0n) is 21.8. The SMILES string of the molecule is CCn1c(-c2nonc2N)nc2cnc(Oc3cccc(C(=O)Nc4ccc(OCCN(C)C)cc4)c3)cc21. The van der Waals surface area contributed by atoms with Crippen molar-refractivity contribution in [1.82, 2.24) is 29.7 Å². The van der Waals surface area contributed by atoms with Gasteiger partial charge in [-0.05, 0) is 73.8 Å². The number of anilines is 2. The van der Waals surface area contributed by atoms with Gasteiger partial charge in [0.1, 0.15) is 23.6 Å². The molecule has 12 heteroatoms. The number of nitrogen functional groups attached to an aromatic ring is 1. The molecule has 39 heavy (non-hydrogen) atoms. The summed E-state index contributed by atoms with van der Waals surface area (Å²) in [5, 5.41) is 10.4. The van der Waals surface area contributed by atoms with Crippen molar-refractivity contribution in [3.05, 3.63) is 66.4 Å². The van der Waals surface area contributed by atoms with Crippen LogP contribution in [0.25, 0.3) is 22.6 Å². The zero-order chi connectivity index (χ0) is 27.4. The molecule has 2 aromatic carbocycles. The first kappa shape index (κ1) is 25.7. The van der Waals surface area contributed by atoms with Gasteiger partial charge < -0.3 is 30.0 Å². The summed E-state index contributed by atoms with van der Waals surface area (Å²) in [7, 11) is 3.98. The Bertz CT molecular complexity index is 1590. The molecule has 0 aliphatic carbocycles. The van der Waals surface area contributed by atoms with Crippen molar-refractivity contribution in [3.63, 3.8) is 0 Å². The molecule has 0 unspecified atom stereocenters. The van der Waals surface area contributed by atoms with Crippen LogP contribution in [0.4, 0.5) is 11.5 Å². The summed E-state index contributed by atoms with van der Waals surface area (Å²) in [6.07, 6.45) is 1.61. The summed E-state index contributed by atoms with van der Waals surface area (Å²) in [6, 6.07) is 15.9. The molecule has 0 saturated heterocycles. The number of hydrogen-bond donors (Lipinski definition) is 2. The first-order valence-corrected chi connectivity index (χ1v) is 12.3. The Morgan fingerprint density at radius 2 is 1.92 bits per heavy atom. The fourth-order valence-corrected chi connectivity index (χ4v) is 3.92. The molecule has 0 radical (unpaired) electrons. The lowest BCUT2D eigenvalue weighted by atomic mass is 10.2. The number of amides is 1. The van der Waals surface area contributed by atoms with E-state index in [-0.39, 0.29) is 11.7 Å². The highest BCUT2D eigenvalue weighted by Gasteiger charge is 2.19. The summed E-state index contributed by atoms with van der Waals surface area (Å²) in [5.74, 6) is 1.97. The maximum Gasteiger partial charge on any atom is 0.255 e. The van der Waals surface area contributed by atoms with Gasteiger partial charge in [0.2, 0.25) is 5.88 Å². The van der Waals surface area contributed by atoms with Gasteiger partial charge in [0.25, 0.3) is 5.91 Å². The lowest BCUT2D eigenvalue weighted by Gasteiger charge is -2.12. The summed E-state index contributed by atoms with van der Waals surface area (Å²) in [5.41, 5.74) is 8.75. The minimum absolute atomic E-state index is 0.156. The minimum atomic E-state index is -0.266. The topological polar surface area (TPSA) is 146 Å². The van der Waals surface area contributed by atoms with Crippen LogP contribution >= 0.6 is 0 Å². The smallest absolute Gasteiger partial charge is 0.255 e. The average molecular weight is 529 g/mol. The average Bonchev–Trinajstić information content (AvgIpc) is 3.51. The number of hydrogen-bond acceptors (Lipinski definition) is 10. The van der Waals surface area contributed by atoms with Gasteiger partial charge in [0.15, 0.2) is 17.3 Å². The third-order valence-corrected chi connectivity index (χ3v) is 5.89. The summed E-state index contributed by atoms with van der Waals surface area (Å²) >= 11 is 0. The minimum Gasteiger partial charge on any atom is -0.492 e. The number of imidazole rings is 1. The Kier molecular flexibility index (Phi) is 7.37. The lowest BCUT2D eigenvalue weighted by molar-refractivity contribution is 0.102. The van der Waals surface area contributed by atoms with E-state index in [0.29, 0.717) is 53.1 Å². The normalized spacial score (nSPS) is 11.2. The number of likely N-dealkylation sites (N-methyl/N-ethyl adjacent to an activating group) is 1. The summed E-state index contributed by atoms with van der Waals surface area (Å²) in [4.78, 5) is 23.9. The largest absolute Gasteiger partial charge is 0.492 e. The predicted octanol–water partition coefficient (Wildman–Crippen LogP) is 4.07. The Labute approximate surface area is 224 Å². The second kappa shape index (κ2) is 11.2. The van der Waals surface area contributed by atoms with E-state index in [1.165, 1.54) is 0 Å². The molecule has 0 bridgehead atoms. The van der Waals surface area contributed by atoms with Crippen LogP contribution in [0.3, 0.4) is 0 Å². The molecule has 1 amide bonds. The van der Waals surface area contributed by atoms with Gasteiger partial charge in [-0.3, -0.25) is 4.79 Å². The Hall–Kier alpha value is -4.97. The first-order chi connectivity index (χ1) is 18.9. The molecule has 3 N–H and O–H groups in total. The van der Waals surface area contributed by atoms with Crippen LogP contribution in [-0.2, 0) is 6.54 Å². The standard InChI is InChI=1S/C27H28N8O4/c1-4-35-22-15-23(29-16-21(22)31-26(35)24-25(28)33-39-32-24)38-20-7-5-6-17(14-20)27(36)30-18-8-10-19(11-9-18)37-13-12-34(2)3/h5-11,14-16H,4,12-13H2,1-3H3,(H2,28,33)(H,30,36). The molecule has 0 fully saturated rings.